The molecule has 1 saturated heterocycles. The summed E-state index contributed by atoms with van der Waals surface area (Å²) in [5.41, 5.74) is 0.864. The van der Waals surface area contributed by atoms with Crippen LogP contribution in [-0.2, 0) is 16.4 Å². The Balaban J connectivity index is 1.80. The summed E-state index contributed by atoms with van der Waals surface area (Å²) in [6, 6.07) is 2.15. The third kappa shape index (κ3) is 3.05. The first-order valence-electron chi connectivity index (χ1n) is 5.41. The highest BCUT2D eigenvalue weighted by molar-refractivity contribution is 7.91. The number of nitrogens with zero attached hydrogens (tertiary/aromatic N) is 1. The molecule has 0 aromatic carbocycles. The van der Waals surface area contributed by atoms with Crippen molar-refractivity contribution in [2.24, 2.45) is 0 Å². The summed E-state index contributed by atoms with van der Waals surface area (Å²) < 4.78 is 27.5. The molecule has 1 aromatic heterocycles. The van der Waals surface area contributed by atoms with Crippen molar-refractivity contribution in [2.45, 2.75) is 32.4 Å². The average molecular weight is 244 g/mol. The van der Waals surface area contributed by atoms with Gasteiger partial charge in [0, 0.05) is 12.1 Å². The molecule has 0 unspecified atom stereocenters. The minimum absolute atomic E-state index is 0.272. The molecule has 16 heavy (non-hydrogen) atoms. The summed E-state index contributed by atoms with van der Waals surface area (Å²) in [6.07, 6.45) is 1.38. The molecule has 0 atom stereocenters. The van der Waals surface area contributed by atoms with Crippen LogP contribution in [0.3, 0.4) is 0 Å². The topological polar surface area (TPSA) is 72.2 Å². The lowest BCUT2D eigenvalue weighted by atomic mass is 10.1. The first-order valence-corrected chi connectivity index (χ1v) is 7.23. The van der Waals surface area contributed by atoms with Crippen LogP contribution in [0, 0.1) is 6.92 Å². The molecular formula is C10H16N2O3S. The number of hydrogen-bond donors (Lipinski definition) is 1. The van der Waals surface area contributed by atoms with Crippen molar-refractivity contribution in [3.05, 3.63) is 17.5 Å². The van der Waals surface area contributed by atoms with Crippen LogP contribution in [0.25, 0.3) is 0 Å². The molecule has 0 radical (unpaired) electrons. The van der Waals surface area contributed by atoms with Crippen molar-refractivity contribution in [3.8, 4) is 0 Å². The minimum Gasteiger partial charge on any atom is -0.360 e. The molecule has 1 N–H and O–H groups in total. The van der Waals surface area contributed by atoms with E-state index in [-0.39, 0.29) is 6.04 Å². The first kappa shape index (κ1) is 11.6. The Kier molecular flexibility index (Phi) is 3.30. The second-order valence-electron chi connectivity index (χ2n) is 4.24. The fourth-order valence-electron chi connectivity index (χ4n) is 1.84. The smallest absolute Gasteiger partial charge is 0.150 e. The second kappa shape index (κ2) is 4.55. The van der Waals surface area contributed by atoms with Crippen molar-refractivity contribution < 1.29 is 12.9 Å². The monoisotopic (exact) mass is 244 g/mol. The zero-order chi connectivity index (χ0) is 11.6. The zero-order valence-corrected chi connectivity index (χ0v) is 10.1. The van der Waals surface area contributed by atoms with Crippen molar-refractivity contribution in [2.75, 3.05) is 11.5 Å². The number of aryl methyl sites for hydroxylation is 1. The predicted octanol–water partition coefficient (Wildman–Crippen LogP) is 0.650. The van der Waals surface area contributed by atoms with Crippen LogP contribution in [-0.4, -0.2) is 31.1 Å². The maximum absolute atomic E-state index is 11.2. The quantitative estimate of drug-likeness (QED) is 0.845. The molecule has 0 spiro atoms. The van der Waals surface area contributed by atoms with Gasteiger partial charge in [-0.25, -0.2) is 8.42 Å². The Hall–Kier alpha value is -0.880. The van der Waals surface area contributed by atoms with Gasteiger partial charge in [0.05, 0.1) is 23.7 Å². The van der Waals surface area contributed by atoms with E-state index in [0.29, 0.717) is 30.9 Å². The summed E-state index contributed by atoms with van der Waals surface area (Å²) in [7, 11) is -2.77. The molecule has 90 valence electrons. The fraction of sp³-hybridized carbons (Fsp3) is 0.700. The number of rotatable bonds is 3. The Bertz CT molecular complexity index is 438. The molecule has 5 nitrogen and oxygen atoms in total. The van der Waals surface area contributed by atoms with E-state index in [2.05, 4.69) is 10.5 Å². The van der Waals surface area contributed by atoms with Crippen LogP contribution in [0.4, 0.5) is 0 Å². The Morgan fingerprint density at radius 2 is 2.19 bits per heavy atom. The maximum atomic E-state index is 11.2. The largest absolute Gasteiger partial charge is 0.360 e. The van der Waals surface area contributed by atoms with Gasteiger partial charge in [0.1, 0.15) is 9.84 Å². The van der Waals surface area contributed by atoms with Gasteiger partial charge in [0.2, 0.25) is 0 Å². The molecule has 0 bridgehead atoms. The fourth-order valence-corrected chi connectivity index (χ4v) is 3.33. The minimum atomic E-state index is -2.77. The highest BCUT2D eigenvalue weighted by atomic mass is 32.2. The summed E-state index contributed by atoms with van der Waals surface area (Å²) in [5.74, 6) is 1.38. The van der Waals surface area contributed by atoms with Gasteiger partial charge in [-0.1, -0.05) is 5.16 Å². The Labute approximate surface area is 95.1 Å². The van der Waals surface area contributed by atoms with Crippen molar-refractivity contribution in [1.82, 2.24) is 10.5 Å². The molecule has 0 amide bonds. The van der Waals surface area contributed by atoms with E-state index in [4.69, 9.17) is 4.52 Å². The van der Waals surface area contributed by atoms with Crippen molar-refractivity contribution in [3.63, 3.8) is 0 Å². The van der Waals surface area contributed by atoms with Crippen LogP contribution in [0.1, 0.15) is 24.3 Å². The third-order valence-corrected chi connectivity index (χ3v) is 4.51. The van der Waals surface area contributed by atoms with E-state index >= 15 is 0 Å². The van der Waals surface area contributed by atoms with Gasteiger partial charge in [0.15, 0.2) is 5.76 Å². The number of sulfone groups is 1. The molecule has 2 rings (SSSR count). The first-order chi connectivity index (χ1) is 7.55. The third-order valence-electron chi connectivity index (χ3n) is 2.80. The lowest BCUT2D eigenvalue weighted by Crippen LogP contribution is -2.37. The van der Waals surface area contributed by atoms with Crippen LogP contribution < -0.4 is 5.32 Å². The molecule has 1 aliphatic rings. The van der Waals surface area contributed by atoms with Gasteiger partial charge in [-0.05, 0) is 19.8 Å². The van der Waals surface area contributed by atoms with E-state index in [0.717, 1.165) is 11.5 Å². The molecule has 0 aliphatic carbocycles. The van der Waals surface area contributed by atoms with Crippen LogP contribution >= 0.6 is 0 Å². The summed E-state index contributed by atoms with van der Waals surface area (Å²) >= 11 is 0. The molecule has 2 heterocycles. The van der Waals surface area contributed by atoms with Crippen LogP contribution in [0.15, 0.2) is 10.6 Å². The van der Waals surface area contributed by atoms with Crippen LogP contribution in [0.2, 0.25) is 0 Å². The maximum Gasteiger partial charge on any atom is 0.150 e. The van der Waals surface area contributed by atoms with Crippen molar-refractivity contribution in [1.29, 1.82) is 0 Å². The molecule has 6 heteroatoms. The molecular weight excluding hydrogens is 228 g/mol. The lowest BCUT2D eigenvalue weighted by Gasteiger charge is -2.22. The van der Waals surface area contributed by atoms with Gasteiger partial charge in [0.25, 0.3) is 0 Å². The number of aromatic nitrogens is 1. The van der Waals surface area contributed by atoms with Gasteiger partial charge < -0.3 is 9.84 Å². The SMILES string of the molecule is Cc1cc(CNC2CCS(=O)(=O)CC2)on1. The van der Waals surface area contributed by atoms with Crippen LogP contribution in [0.5, 0.6) is 0 Å². The standard InChI is InChI=1S/C10H16N2O3S/c1-8-6-10(15-12-8)7-11-9-2-4-16(13,14)5-3-9/h6,9,11H,2-5,7H2,1H3. The normalized spacial score (nSPS) is 21.1. The van der Waals surface area contributed by atoms with Gasteiger partial charge in [-0.3, -0.25) is 0 Å². The Morgan fingerprint density at radius 1 is 1.50 bits per heavy atom. The molecule has 1 aliphatic heterocycles. The highest BCUT2D eigenvalue weighted by Gasteiger charge is 2.23. The second-order valence-corrected chi connectivity index (χ2v) is 6.55. The van der Waals surface area contributed by atoms with E-state index in [1.807, 2.05) is 13.0 Å². The van der Waals surface area contributed by atoms with Crippen molar-refractivity contribution >= 4 is 9.84 Å². The predicted molar refractivity (Wildman–Crippen MR) is 59.8 cm³/mol. The Morgan fingerprint density at radius 3 is 2.75 bits per heavy atom. The molecule has 0 saturated carbocycles. The summed E-state index contributed by atoms with van der Waals surface area (Å²) in [5, 5.41) is 7.08. The zero-order valence-electron chi connectivity index (χ0n) is 9.27. The van der Waals surface area contributed by atoms with E-state index in [9.17, 15) is 8.42 Å². The summed E-state index contributed by atoms with van der Waals surface area (Å²) in [4.78, 5) is 0. The van der Waals surface area contributed by atoms with Gasteiger partial charge in [-0.15, -0.1) is 0 Å². The molecule has 1 fully saturated rings. The van der Waals surface area contributed by atoms with Gasteiger partial charge in [-0.2, -0.15) is 0 Å². The molecule has 1 aromatic rings. The van der Waals surface area contributed by atoms with E-state index in [1.165, 1.54) is 0 Å². The summed E-state index contributed by atoms with van der Waals surface area (Å²) in [6.45, 7) is 2.49. The average Bonchev–Trinajstić information content (AvgIpc) is 2.63. The van der Waals surface area contributed by atoms with E-state index < -0.39 is 9.84 Å². The number of nitrogens with one attached hydrogen (secondary N) is 1. The lowest BCUT2D eigenvalue weighted by molar-refractivity contribution is 0.354. The highest BCUT2D eigenvalue weighted by Crippen LogP contribution is 2.13. The number of hydrogen-bond acceptors (Lipinski definition) is 5. The van der Waals surface area contributed by atoms with E-state index in [1.54, 1.807) is 0 Å². The van der Waals surface area contributed by atoms with Gasteiger partial charge >= 0.3 is 0 Å².